The third kappa shape index (κ3) is 4.11. The van der Waals surface area contributed by atoms with E-state index < -0.39 is 0 Å². The SMILES string of the molecule is CCC(N)C(OCCc1scnc1C)c1ccc(Br)s1. The number of aryl methyl sites for hydroxylation is 1. The van der Waals surface area contributed by atoms with Gasteiger partial charge < -0.3 is 10.5 Å². The summed E-state index contributed by atoms with van der Waals surface area (Å²) in [5.74, 6) is 0. The Kier molecular flexibility index (Phi) is 6.17. The molecular formula is C14H19BrN2OS2. The third-order valence-corrected chi connectivity index (χ3v) is 5.89. The molecule has 0 bridgehead atoms. The molecule has 0 spiro atoms. The van der Waals surface area contributed by atoms with Crippen LogP contribution in [0, 0.1) is 6.92 Å². The molecule has 0 aliphatic rings. The maximum Gasteiger partial charge on any atom is 0.107 e. The van der Waals surface area contributed by atoms with Gasteiger partial charge in [0.1, 0.15) is 6.10 Å². The highest BCUT2D eigenvalue weighted by atomic mass is 79.9. The fraction of sp³-hybridized carbons (Fsp3) is 0.500. The van der Waals surface area contributed by atoms with Crippen LogP contribution in [0.25, 0.3) is 0 Å². The molecule has 3 nitrogen and oxygen atoms in total. The number of nitrogens with zero attached hydrogens (tertiary/aromatic N) is 1. The second kappa shape index (κ2) is 7.66. The molecule has 2 aromatic rings. The van der Waals surface area contributed by atoms with E-state index in [4.69, 9.17) is 10.5 Å². The van der Waals surface area contributed by atoms with Crippen molar-refractivity contribution in [3.05, 3.63) is 36.9 Å². The van der Waals surface area contributed by atoms with E-state index in [0.29, 0.717) is 6.61 Å². The highest BCUT2D eigenvalue weighted by Gasteiger charge is 2.21. The predicted molar refractivity (Wildman–Crippen MR) is 89.5 cm³/mol. The first kappa shape index (κ1) is 16.1. The molecule has 20 heavy (non-hydrogen) atoms. The monoisotopic (exact) mass is 374 g/mol. The molecule has 2 rings (SSSR count). The first-order valence-electron chi connectivity index (χ1n) is 6.63. The van der Waals surface area contributed by atoms with Gasteiger partial charge in [0.15, 0.2) is 0 Å². The van der Waals surface area contributed by atoms with Gasteiger partial charge in [-0.2, -0.15) is 0 Å². The fourth-order valence-corrected chi connectivity index (χ4v) is 4.27. The number of hydrogen-bond acceptors (Lipinski definition) is 5. The van der Waals surface area contributed by atoms with Gasteiger partial charge in [0, 0.05) is 22.2 Å². The molecule has 0 saturated heterocycles. The molecule has 0 amide bonds. The zero-order valence-corrected chi connectivity index (χ0v) is 14.9. The average molecular weight is 375 g/mol. The molecule has 2 unspecified atom stereocenters. The lowest BCUT2D eigenvalue weighted by Crippen LogP contribution is -2.29. The number of rotatable bonds is 7. The molecule has 0 fully saturated rings. The Morgan fingerprint density at radius 3 is 2.80 bits per heavy atom. The summed E-state index contributed by atoms with van der Waals surface area (Å²) in [6, 6.07) is 4.17. The quantitative estimate of drug-likeness (QED) is 0.784. The van der Waals surface area contributed by atoms with Gasteiger partial charge in [0.25, 0.3) is 0 Å². The lowest BCUT2D eigenvalue weighted by Gasteiger charge is -2.22. The fourth-order valence-electron chi connectivity index (χ4n) is 1.96. The van der Waals surface area contributed by atoms with Crippen molar-refractivity contribution in [2.24, 2.45) is 5.73 Å². The summed E-state index contributed by atoms with van der Waals surface area (Å²) < 4.78 is 7.18. The van der Waals surface area contributed by atoms with Crippen molar-refractivity contribution in [2.75, 3.05) is 6.61 Å². The summed E-state index contributed by atoms with van der Waals surface area (Å²) in [5.41, 5.74) is 9.20. The maximum absolute atomic E-state index is 6.20. The second-order valence-corrected chi connectivity index (χ2v) is 8.05. The summed E-state index contributed by atoms with van der Waals surface area (Å²) in [7, 11) is 0. The van der Waals surface area contributed by atoms with E-state index in [2.05, 4.69) is 33.9 Å². The Morgan fingerprint density at radius 1 is 1.45 bits per heavy atom. The maximum atomic E-state index is 6.20. The molecule has 2 atom stereocenters. The lowest BCUT2D eigenvalue weighted by molar-refractivity contribution is 0.0381. The Bertz CT molecular complexity index is 541. The van der Waals surface area contributed by atoms with E-state index in [0.717, 1.165) is 22.3 Å². The minimum atomic E-state index is -0.0236. The number of nitrogens with two attached hydrogens (primary N) is 1. The van der Waals surface area contributed by atoms with Crippen LogP contribution in [0.3, 0.4) is 0 Å². The van der Waals surface area contributed by atoms with Crippen molar-refractivity contribution in [1.82, 2.24) is 4.98 Å². The van der Waals surface area contributed by atoms with Crippen LogP contribution in [-0.2, 0) is 11.2 Å². The molecule has 2 N–H and O–H groups in total. The van der Waals surface area contributed by atoms with Crippen LogP contribution >= 0.6 is 38.6 Å². The molecule has 0 aliphatic heterocycles. The first-order valence-corrected chi connectivity index (χ1v) is 9.12. The highest BCUT2D eigenvalue weighted by Crippen LogP contribution is 2.32. The van der Waals surface area contributed by atoms with E-state index in [-0.39, 0.29) is 12.1 Å². The topological polar surface area (TPSA) is 48.1 Å². The summed E-state index contributed by atoms with van der Waals surface area (Å²) in [5, 5.41) is 0. The second-order valence-electron chi connectivity index (χ2n) is 4.62. The van der Waals surface area contributed by atoms with Crippen molar-refractivity contribution < 1.29 is 4.74 Å². The molecule has 110 valence electrons. The molecule has 2 heterocycles. The molecule has 0 aliphatic carbocycles. The van der Waals surface area contributed by atoms with Gasteiger partial charge in [-0.3, -0.25) is 0 Å². The van der Waals surface area contributed by atoms with Crippen LogP contribution in [0.15, 0.2) is 21.4 Å². The van der Waals surface area contributed by atoms with Crippen LogP contribution < -0.4 is 5.73 Å². The van der Waals surface area contributed by atoms with E-state index in [1.54, 1.807) is 22.7 Å². The normalized spacial score (nSPS) is 14.4. The van der Waals surface area contributed by atoms with Gasteiger partial charge in [-0.15, -0.1) is 22.7 Å². The summed E-state index contributed by atoms with van der Waals surface area (Å²) in [4.78, 5) is 6.74. The van der Waals surface area contributed by atoms with E-state index in [1.807, 2.05) is 18.5 Å². The van der Waals surface area contributed by atoms with Gasteiger partial charge in [-0.05, 0) is 41.4 Å². The number of aromatic nitrogens is 1. The van der Waals surface area contributed by atoms with Gasteiger partial charge in [-0.1, -0.05) is 6.92 Å². The van der Waals surface area contributed by atoms with Gasteiger partial charge in [0.2, 0.25) is 0 Å². The zero-order chi connectivity index (χ0) is 14.5. The van der Waals surface area contributed by atoms with Crippen LogP contribution in [0.2, 0.25) is 0 Å². The first-order chi connectivity index (χ1) is 9.61. The summed E-state index contributed by atoms with van der Waals surface area (Å²) in [6.45, 7) is 4.81. The summed E-state index contributed by atoms with van der Waals surface area (Å²) >= 11 is 6.88. The number of thiazole rings is 1. The van der Waals surface area contributed by atoms with Crippen molar-refractivity contribution in [3.63, 3.8) is 0 Å². The standard InChI is InChI=1S/C14H19BrN2OS2/c1-3-10(16)14(12-4-5-13(15)20-12)18-7-6-11-9(2)17-8-19-11/h4-5,8,10,14H,3,6-7,16H2,1-2H3. The smallest absolute Gasteiger partial charge is 0.107 e. The molecule has 6 heteroatoms. The van der Waals surface area contributed by atoms with Crippen LogP contribution in [0.4, 0.5) is 0 Å². The Hall–Kier alpha value is -0.270. The minimum Gasteiger partial charge on any atom is -0.371 e. The third-order valence-electron chi connectivity index (χ3n) is 3.21. The van der Waals surface area contributed by atoms with Crippen LogP contribution in [-0.4, -0.2) is 17.6 Å². The Morgan fingerprint density at radius 2 is 2.25 bits per heavy atom. The van der Waals surface area contributed by atoms with Crippen LogP contribution in [0.5, 0.6) is 0 Å². The van der Waals surface area contributed by atoms with Crippen molar-refractivity contribution in [3.8, 4) is 0 Å². The van der Waals surface area contributed by atoms with E-state index in [1.165, 1.54) is 9.75 Å². The van der Waals surface area contributed by atoms with E-state index >= 15 is 0 Å². The minimum absolute atomic E-state index is 0.0236. The predicted octanol–water partition coefficient (Wildman–Crippen LogP) is 4.31. The largest absolute Gasteiger partial charge is 0.371 e. The van der Waals surface area contributed by atoms with Crippen molar-refractivity contribution >= 4 is 38.6 Å². The summed E-state index contributed by atoms with van der Waals surface area (Å²) in [6.07, 6.45) is 1.78. The lowest BCUT2D eigenvalue weighted by atomic mass is 10.1. The Balaban J connectivity index is 1.96. The number of thiophene rings is 1. The molecule has 0 saturated carbocycles. The average Bonchev–Trinajstić information content (AvgIpc) is 3.03. The van der Waals surface area contributed by atoms with Gasteiger partial charge >= 0.3 is 0 Å². The van der Waals surface area contributed by atoms with Gasteiger partial charge in [-0.25, -0.2) is 4.98 Å². The number of hydrogen-bond donors (Lipinski definition) is 1. The van der Waals surface area contributed by atoms with Gasteiger partial charge in [0.05, 0.1) is 21.6 Å². The van der Waals surface area contributed by atoms with Crippen molar-refractivity contribution in [2.45, 2.75) is 38.8 Å². The number of ether oxygens (including phenoxy) is 1. The number of halogens is 1. The zero-order valence-electron chi connectivity index (χ0n) is 11.6. The molecule has 0 aromatic carbocycles. The van der Waals surface area contributed by atoms with Crippen molar-refractivity contribution in [1.29, 1.82) is 0 Å². The van der Waals surface area contributed by atoms with E-state index in [9.17, 15) is 0 Å². The van der Waals surface area contributed by atoms with Crippen LogP contribution in [0.1, 0.15) is 34.9 Å². The molecule has 2 aromatic heterocycles. The highest BCUT2D eigenvalue weighted by molar-refractivity contribution is 9.11. The molecule has 0 radical (unpaired) electrons. The molecular weight excluding hydrogens is 356 g/mol. The Labute approximate surface area is 136 Å².